The van der Waals surface area contributed by atoms with Gasteiger partial charge in [-0.2, -0.15) is 13.2 Å². The second-order valence-corrected chi connectivity index (χ2v) is 5.81. The number of nitrogens with zero attached hydrogens (tertiary/aromatic N) is 3. The Labute approximate surface area is 164 Å². The Morgan fingerprint density at radius 1 is 1.21 bits per heavy atom. The number of hydrogen-bond acceptors (Lipinski definition) is 6. The third kappa shape index (κ3) is 5.70. The van der Waals surface area contributed by atoms with Gasteiger partial charge in [0.15, 0.2) is 0 Å². The summed E-state index contributed by atoms with van der Waals surface area (Å²) in [5.74, 6) is -0.805. The van der Waals surface area contributed by atoms with Crippen LogP contribution in [0.3, 0.4) is 0 Å². The summed E-state index contributed by atoms with van der Waals surface area (Å²) in [5, 5.41) is 13.5. The molecule has 3 N–H and O–H groups in total. The van der Waals surface area contributed by atoms with Gasteiger partial charge in [0.05, 0.1) is 23.6 Å². The summed E-state index contributed by atoms with van der Waals surface area (Å²) in [6.07, 6.45) is -4.68. The van der Waals surface area contributed by atoms with Gasteiger partial charge in [-0.25, -0.2) is 0 Å². The molecule has 28 heavy (non-hydrogen) atoms. The lowest BCUT2D eigenvalue weighted by Gasteiger charge is -2.36. The van der Waals surface area contributed by atoms with E-state index in [9.17, 15) is 32.9 Å². The summed E-state index contributed by atoms with van der Waals surface area (Å²) in [5.41, 5.74) is 3.46. The average Bonchev–Trinajstić information content (AvgIpc) is 2.64. The van der Waals surface area contributed by atoms with E-state index in [-0.39, 0.29) is 63.3 Å². The zero-order valence-electron chi connectivity index (χ0n) is 14.6. The summed E-state index contributed by atoms with van der Waals surface area (Å²) in [6, 6.07) is 2.37. The van der Waals surface area contributed by atoms with Crippen molar-refractivity contribution in [2.75, 3.05) is 44.2 Å². The molecule has 9 nitrogen and oxygen atoms in total. The van der Waals surface area contributed by atoms with Crippen molar-refractivity contribution in [3.05, 3.63) is 33.9 Å². The molecule has 1 saturated heterocycles. The van der Waals surface area contributed by atoms with Gasteiger partial charge in [0.2, 0.25) is 11.8 Å². The second-order valence-electron chi connectivity index (χ2n) is 5.81. The molecule has 2 rings (SSSR count). The minimum Gasteiger partial charge on any atom is -0.362 e. The summed E-state index contributed by atoms with van der Waals surface area (Å²) in [6.45, 7) is 0.408. The van der Waals surface area contributed by atoms with Crippen molar-refractivity contribution in [2.45, 2.75) is 6.18 Å². The number of nitrogens with two attached hydrogens (primary N) is 1. The quantitative estimate of drug-likeness (QED) is 0.530. The van der Waals surface area contributed by atoms with Crippen LogP contribution in [-0.4, -0.2) is 60.9 Å². The minimum atomic E-state index is -4.68. The lowest BCUT2D eigenvalue weighted by molar-refractivity contribution is -0.384. The van der Waals surface area contributed by atoms with Gasteiger partial charge in [0.1, 0.15) is 5.69 Å². The number of piperazine rings is 1. The number of benzene rings is 1. The Morgan fingerprint density at radius 3 is 2.32 bits per heavy atom. The molecule has 0 saturated carbocycles. The van der Waals surface area contributed by atoms with Crippen molar-refractivity contribution >= 4 is 35.6 Å². The van der Waals surface area contributed by atoms with Crippen molar-refractivity contribution in [1.29, 1.82) is 0 Å². The number of anilines is 1. The molecule has 0 aliphatic carbocycles. The number of amides is 2. The Hall–Kier alpha value is -2.60. The number of alkyl halides is 3. The Morgan fingerprint density at radius 2 is 1.82 bits per heavy atom. The van der Waals surface area contributed by atoms with Crippen LogP contribution >= 0.6 is 12.4 Å². The molecule has 0 radical (unpaired) electrons. The molecule has 0 atom stereocenters. The van der Waals surface area contributed by atoms with Gasteiger partial charge in [0, 0.05) is 32.2 Å². The number of rotatable bonds is 5. The monoisotopic (exact) mass is 425 g/mol. The van der Waals surface area contributed by atoms with Crippen molar-refractivity contribution in [1.82, 2.24) is 10.2 Å². The van der Waals surface area contributed by atoms with E-state index in [1.165, 1.54) is 4.90 Å². The van der Waals surface area contributed by atoms with Gasteiger partial charge in [0.25, 0.3) is 5.69 Å². The predicted molar refractivity (Wildman–Crippen MR) is 96.2 cm³/mol. The molecule has 1 heterocycles. The number of carbonyl (C=O) groups is 2. The van der Waals surface area contributed by atoms with Crippen LogP contribution in [0, 0.1) is 10.1 Å². The topological polar surface area (TPSA) is 122 Å². The van der Waals surface area contributed by atoms with E-state index in [1.807, 2.05) is 0 Å². The van der Waals surface area contributed by atoms with Gasteiger partial charge >= 0.3 is 6.18 Å². The van der Waals surface area contributed by atoms with E-state index in [1.54, 1.807) is 4.90 Å². The summed E-state index contributed by atoms with van der Waals surface area (Å²) in [4.78, 5) is 36.4. The zero-order chi connectivity index (χ0) is 20.2. The lowest BCUT2D eigenvalue weighted by atomic mass is 10.1. The molecule has 1 fully saturated rings. The first-order chi connectivity index (χ1) is 12.6. The van der Waals surface area contributed by atoms with Crippen LogP contribution in [0.1, 0.15) is 5.56 Å². The van der Waals surface area contributed by atoms with Crippen LogP contribution < -0.4 is 16.0 Å². The van der Waals surface area contributed by atoms with Crippen LogP contribution in [0.25, 0.3) is 0 Å². The standard InChI is InChI=1S/C15H18F3N5O4.ClH/c16-15(17,18)10-1-2-11(12(7-10)23(26)27)21-3-5-22(6-4-21)14(25)9-20-13(24)8-19;/h1-2,7H,3-6,8-9,19H2,(H,20,24);1H. The highest BCUT2D eigenvalue weighted by atomic mass is 35.5. The van der Waals surface area contributed by atoms with E-state index in [0.717, 1.165) is 12.1 Å². The van der Waals surface area contributed by atoms with Gasteiger partial charge in [-0.15, -0.1) is 12.4 Å². The molecule has 13 heteroatoms. The number of hydrogen-bond donors (Lipinski definition) is 2. The SMILES string of the molecule is Cl.NCC(=O)NCC(=O)N1CCN(c2ccc(C(F)(F)F)cc2[N+](=O)[O-])CC1. The van der Waals surface area contributed by atoms with Crippen molar-refractivity contribution in [2.24, 2.45) is 5.73 Å². The highest BCUT2D eigenvalue weighted by Crippen LogP contribution is 2.36. The largest absolute Gasteiger partial charge is 0.416 e. The first kappa shape index (κ1) is 23.4. The molecule has 2 amide bonds. The Balaban J connectivity index is 0.00000392. The average molecular weight is 426 g/mol. The summed E-state index contributed by atoms with van der Waals surface area (Å²) in [7, 11) is 0. The number of carbonyl (C=O) groups excluding carboxylic acids is 2. The Bertz CT molecular complexity index is 739. The number of nitro groups is 1. The van der Waals surface area contributed by atoms with Gasteiger partial charge in [-0.1, -0.05) is 0 Å². The van der Waals surface area contributed by atoms with Crippen LogP contribution in [-0.2, 0) is 15.8 Å². The minimum absolute atomic E-state index is 0. The smallest absolute Gasteiger partial charge is 0.362 e. The molecule has 0 aromatic heterocycles. The third-order valence-electron chi connectivity index (χ3n) is 4.09. The number of nitro benzene ring substituents is 1. The molecule has 0 spiro atoms. The normalized spacial score (nSPS) is 14.3. The van der Waals surface area contributed by atoms with Crippen LogP contribution in [0.4, 0.5) is 24.5 Å². The summed E-state index contributed by atoms with van der Waals surface area (Å²) >= 11 is 0. The fourth-order valence-corrected chi connectivity index (χ4v) is 2.67. The molecule has 1 aliphatic heterocycles. The highest BCUT2D eigenvalue weighted by molar-refractivity contribution is 5.86. The van der Waals surface area contributed by atoms with E-state index < -0.39 is 28.3 Å². The number of halogens is 4. The molecule has 156 valence electrons. The van der Waals surface area contributed by atoms with E-state index in [2.05, 4.69) is 5.32 Å². The predicted octanol–water partition coefficient (Wildman–Crippen LogP) is 0.759. The van der Waals surface area contributed by atoms with Crippen LogP contribution in [0.5, 0.6) is 0 Å². The fraction of sp³-hybridized carbons (Fsp3) is 0.467. The first-order valence-corrected chi connectivity index (χ1v) is 7.98. The lowest BCUT2D eigenvalue weighted by Crippen LogP contribution is -2.51. The fourth-order valence-electron chi connectivity index (χ4n) is 2.67. The van der Waals surface area contributed by atoms with Crippen molar-refractivity contribution in [3.63, 3.8) is 0 Å². The van der Waals surface area contributed by atoms with Crippen LogP contribution in [0.15, 0.2) is 18.2 Å². The molecule has 0 unspecified atom stereocenters. The van der Waals surface area contributed by atoms with Gasteiger partial charge in [-0.05, 0) is 12.1 Å². The van der Waals surface area contributed by atoms with Crippen molar-refractivity contribution in [3.8, 4) is 0 Å². The maximum atomic E-state index is 12.8. The molecule has 1 aromatic carbocycles. The molecule has 0 bridgehead atoms. The van der Waals surface area contributed by atoms with Gasteiger partial charge < -0.3 is 20.9 Å². The summed E-state index contributed by atoms with van der Waals surface area (Å²) < 4.78 is 38.3. The number of nitrogens with one attached hydrogen (secondary N) is 1. The Kier molecular flexibility index (Phi) is 8.00. The van der Waals surface area contributed by atoms with Crippen molar-refractivity contribution < 1.29 is 27.7 Å². The zero-order valence-corrected chi connectivity index (χ0v) is 15.4. The molecular weight excluding hydrogens is 407 g/mol. The highest BCUT2D eigenvalue weighted by Gasteiger charge is 2.34. The van der Waals surface area contributed by atoms with E-state index in [4.69, 9.17) is 5.73 Å². The van der Waals surface area contributed by atoms with Gasteiger partial charge in [-0.3, -0.25) is 19.7 Å². The second kappa shape index (κ2) is 9.55. The van der Waals surface area contributed by atoms with E-state index in [0.29, 0.717) is 6.07 Å². The van der Waals surface area contributed by atoms with E-state index >= 15 is 0 Å². The maximum absolute atomic E-state index is 12.8. The van der Waals surface area contributed by atoms with Crippen LogP contribution in [0.2, 0.25) is 0 Å². The molecule has 1 aliphatic rings. The first-order valence-electron chi connectivity index (χ1n) is 7.98. The molecular formula is C15H19ClF3N5O4. The molecule has 1 aromatic rings. The third-order valence-corrected chi connectivity index (χ3v) is 4.09. The maximum Gasteiger partial charge on any atom is 0.416 e.